The van der Waals surface area contributed by atoms with Crippen LogP contribution in [0.15, 0.2) is 0 Å². The third-order valence-electron chi connectivity index (χ3n) is 0.927. The molecule has 0 aromatic heterocycles. The Bertz CT molecular complexity index is 146. The standard InChI is InChI=1S/C5H11N3O2/c1-3(4(9)10-2)8-5(6)7/h3H,1-2H3,(H4,6,7,8). The van der Waals surface area contributed by atoms with Crippen LogP contribution >= 0.6 is 0 Å². The number of carbonyl (C=O) groups is 1. The number of hydrogen-bond acceptors (Lipinski definition) is 3. The number of carbonyl (C=O) groups excluding carboxylic acids is 1. The fourth-order valence-electron chi connectivity index (χ4n) is 0.469. The van der Waals surface area contributed by atoms with Crippen LogP contribution in [0.1, 0.15) is 6.92 Å². The molecular formula is C5H11N3O2. The first-order valence-electron chi connectivity index (χ1n) is 2.76. The Morgan fingerprint density at radius 3 is 2.60 bits per heavy atom. The number of nitrogens with one attached hydrogen (secondary N) is 2. The van der Waals surface area contributed by atoms with Crippen molar-refractivity contribution in [1.82, 2.24) is 5.32 Å². The van der Waals surface area contributed by atoms with Crippen LogP contribution in [0.5, 0.6) is 0 Å². The predicted octanol–water partition coefficient (Wildman–Crippen LogP) is -0.969. The third-order valence-corrected chi connectivity index (χ3v) is 0.927. The lowest BCUT2D eigenvalue weighted by molar-refractivity contribution is -0.142. The van der Waals surface area contributed by atoms with Crippen LogP contribution in [0.25, 0.3) is 0 Å². The second-order valence-corrected chi connectivity index (χ2v) is 1.80. The number of ether oxygens (including phenoxy) is 1. The number of guanidine groups is 1. The summed E-state index contributed by atoms with van der Waals surface area (Å²) >= 11 is 0. The van der Waals surface area contributed by atoms with Gasteiger partial charge in [0.15, 0.2) is 5.96 Å². The average molecular weight is 145 g/mol. The number of nitrogens with two attached hydrogens (primary N) is 1. The van der Waals surface area contributed by atoms with Gasteiger partial charge in [0.05, 0.1) is 7.11 Å². The highest BCUT2D eigenvalue weighted by Crippen LogP contribution is 1.82. The fraction of sp³-hybridized carbons (Fsp3) is 0.600. The number of rotatable bonds is 2. The second-order valence-electron chi connectivity index (χ2n) is 1.80. The summed E-state index contributed by atoms with van der Waals surface area (Å²) in [6.07, 6.45) is 0. The van der Waals surface area contributed by atoms with Crippen molar-refractivity contribution < 1.29 is 9.53 Å². The van der Waals surface area contributed by atoms with E-state index >= 15 is 0 Å². The fourth-order valence-corrected chi connectivity index (χ4v) is 0.469. The van der Waals surface area contributed by atoms with E-state index in [-0.39, 0.29) is 5.96 Å². The predicted molar refractivity (Wildman–Crippen MR) is 36.5 cm³/mol. The van der Waals surface area contributed by atoms with Gasteiger partial charge in [0.1, 0.15) is 6.04 Å². The van der Waals surface area contributed by atoms with E-state index in [0.717, 1.165) is 0 Å². The normalized spacial score (nSPS) is 11.8. The first-order valence-corrected chi connectivity index (χ1v) is 2.76. The minimum absolute atomic E-state index is 0.238. The molecule has 0 bridgehead atoms. The monoisotopic (exact) mass is 145 g/mol. The van der Waals surface area contributed by atoms with Crippen LogP contribution in [0.4, 0.5) is 0 Å². The molecule has 1 atom stereocenters. The van der Waals surface area contributed by atoms with Crippen LogP contribution in [-0.4, -0.2) is 25.1 Å². The van der Waals surface area contributed by atoms with Crippen molar-refractivity contribution in [3.63, 3.8) is 0 Å². The van der Waals surface area contributed by atoms with E-state index in [1.807, 2.05) is 0 Å². The molecule has 0 saturated carbocycles. The molecule has 0 amide bonds. The molecule has 0 aromatic carbocycles. The molecule has 0 aliphatic rings. The lowest BCUT2D eigenvalue weighted by Gasteiger charge is -2.09. The topological polar surface area (TPSA) is 88.2 Å². The summed E-state index contributed by atoms with van der Waals surface area (Å²) < 4.78 is 4.36. The van der Waals surface area contributed by atoms with E-state index in [4.69, 9.17) is 11.1 Å². The van der Waals surface area contributed by atoms with Crippen molar-refractivity contribution in [3.8, 4) is 0 Å². The second kappa shape index (κ2) is 3.71. The van der Waals surface area contributed by atoms with Gasteiger partial charge in [0, 0.05) is 0 Å². The van der Waals surface area contributed by atoms with Gasteiger partial charge < -0.3 is 15.8 Å². The van der Waals surface area contributed by atoms with Crippen molar-refractivity contribution in [2.24, 2.45) is 5.73 Å². The highest BCUT2D eigenvalue weighted by atomic mass is 16.5. The Labute approximate surface area is 59.0 Å². The van der Waals surface area contributed by atoms with Crippen molar-refractivity contribution in [2.75, 3.05) is 7.11 Å². The van der Waals surface area contributed by atoms with Gasteiger partial charge in [-0.05, 0) is 6.92 Å². The van der Waals surface area contributed by atoms with Crippen LogP contribution in [0.2, 0.25) is 0 Å². The van der Waals surface area contributed by atoms with Gasteiger partial charge >= 0.3 is 5.97 Å². The summed E-state index contributed by atoms with van der Waals surface area (Å²) in [7, 11) is 1.28. The van der Waals surface area contributed by atoms with Crippen molar-refractivity contribution in [1.29, 1.82) is 5.41 Å². The maximum Gasteiger partial charge on any atom is 0.328 e. The highest BCUT2D eigenvalue weighted by Gasteiger charge is 2.11. The molecule has 1 unspecified atom stereocenters. The van der Waals surface area contributed by atoms with Gasteiger partial charge in [0.25, 0.3) is 0 Å². The first-order chi connectivity index (χ1) is 4.57. The first kappa shape index (κ1) is 8.74. The van der Waals surface area contributed by atoms with E-state index in [1.54, 1.807) is 6.92 Å². The summed E-state index contributed by atoms with van der Waals surface area (Å²) in [6.45, 7) is 1.56. The molecule has 5 nitrogen and oxygen atoms in total. The Balaban J connectivity index is 3.72. The summed E-state index contributed by atoms with van der Waals surface area (Å²) in [5.41, 5.74) is 4.95. The van der Waals surface area contributed by atoms with Crippen LogP contribution in [0.3, 0.4) is 0 Å². The third kappa shape index (κ3) is 2.91. The molecular weight excluding hydrogens is 134 g/mol. The maximum atomic E-state index is 10.6. The summed E-state index contributed by atoms with van der Waals surface area (Å²) in [6, 6.07) is -0.553. The zero-order chi connectivity index (χ0) is 8.15. The van der Waals surface area contributed by atoms with Gasteiger partial charge in [0.2, 0.25) is 0 Å². The smallest absolute Gasteiger partial charge is 0.328 e. The summed E-state index contributed by atoms with van der Waals surface area (Å²) in [4.78, 5) is 10.6. The Kier molecular flexibility index (Phi) is 3.24. The number of methoxy groups -OCH3 is 1. The van der Waals surface area contributed by atoms with Gasteiger partial charge in [-0.2, -0.15) is 0 Å². The highest BCUT2D eigenvalue weighted by molar-refractivity contribution is 5.83. The van der Waals surface area contributed by atoms with Crippen molar-refractivity contribution in [3.05, 3.63) is 0 Å². The van der Waals surface area contributed by atoms with Gasteiger partial charge in [-0.3, -0.25) is 5.41 Å². The molecule has 0 rings (SSSR count). The molecule has 0 heterocycles. The maximum absolute atomic E-state index is 10.6. The zero-order valence-electron chi connectivity index (χ0n) is 5.97. The van der Waals surface area contributed by atoms with Crippen molar-refractivity contribution >= 4 is 11.9 Å². The Morgan fingerprint density at radius 2 is 2.30 bits per heavy atom. The Morgan fingerprint density at radius 1 is 1.80 bits per heavy atom. The van der Waals surface area contributed by atoms with E-state index in [2.05, 4.69) is 10.1 Å². The number of esters is 1. The molecule has 5 heteroatoms. The van der Waals surface area contributed by atoms with Crippen LogP contribution < -0.4 is 11.1 Å². The molecule has 0 fully saturated rings. The molecule has 0 aromatic rings. The average Bonchev–Trinajstić information content (AvgIpc) is 1.85. The van der Waals surface area contributed by atoms with Gasteiger partial charge in [-0.1, -0.05) is 0 Å². The summed E-state index contributed by atoms with van der Waals surface area (Å²) in [5, 5.41) is 9.13. The lowest BCUT2D eigenvalue weighted by atomic mass is 10.3. The molecule has 4 N–H and O–H groups in total. The lowest BCUT2D eigenvalue weighted by Crippen LogP contribution is -2.42. The van der Waals surface area contributed by atoms with E-state index < -0.39 is 12.0 Å². The molecule has 0 aliphatic heterocycles. The molecule has 0 radical (unpaired) electrons. The van der Waals surface area contributed by atoms with E-state index in [9.17, 15) is 4.79 Å². The molecule has 10 heavy (non-hydrogen) atoms. The van der Waals surface area contributed by atoms with Gasteiger partial charge in [-0.15, -0.1) is 0 Å². The van der Waals surface area contributed by atoms with E-state index in [1.165, 1.54) is 7.11 Å². The quantitative estimate of drug-likeness (QED) is 0.265. The zero-order valence-corrected chi connectivity index (χ0v) is 5.97. The summed E-state index contributed by atoms with van der Waals surface area (Å²) in [5.74, 6) is -0.673. The molecule has 58 valence electrons. The Hall–Kier alpha value is -1.26. The molecule has 0 spiro atoms. The van der Waals surface area contributed by atoms with Crippen LogP contribution in [0, 0.1) is 5.41 Å². The van der Waals surface area contributed by atoms with Crippen LogP contribution in [-0.2, 0) is 9.53 Å². The largest absolute Gasteiger partial charge is 0.467 e. The molecule has 0 aliphatic carbocycles. The van der Waals surface area contributed by atoms with Crippen molar-refractivity contribution in [2.45, 2.75) is 13.0 Å². The SMILES string of the molecule is COC(=O)C(C)NC(=N)N. The minimum Gasteiger partial charge on any atom is -0.467 e. The van der Waals surface area contributed by atoms with E-state index in [0.29, 0.717) is 0 Å². The number of hydrogen-bond donors (Lipinski definition) is 3. The van der Waals surface area contributed by atoms with Gasteiger partial charge in [-0.25, -0.2) is 4.79 Å². The molecule has 0 saturated heterocycles. The minimum atomic E-state index is -0.553.